The molecule has 1 heterocycles. The topological polar surface area (TPSA) is 73.8 Å². The first-order valence-corrected chi connectivity index (χ1v) is 11.7. The van der Waals surface area contributed by atoms with E-state index in [-0.39, 0.29) is 17.0 Å². The van der Waals surface area contributed by atoms with Crippen LogP contribution < -0.4 is 15.5 Å². The maximum absolute atomic E-state index is 14.0. The Kier molecular flexibility index (Phi) is 7.46. The number of fused-ring (bicyclic) bond motifs is 1. The third-order valence-electron chi connectivity index (χ3n) is 5.83. The highest BCUT2D eigenvalue weighted by atomic mass is 35.5. The van der Waals surface area contributed by atoms with Crippen molar-refractivity contribution in [2.24, 2.45) is 4.99 Å². The van der Waals surface area contributed by atoms with Gasteiger partial charge in [-0.1, -0.05) is 66.2 Å². The Morgan fingerprint density at radius 1 is 1.09 bits per heavy atom. The summed E-state index contributed by atoms with van der Waals surface area (Å²) in [7, 11) is 1.95. The predicted molar refractivity (Wildman–Crippen MR) is 136 cm³/mol. The third kappa shape index (κ3) is 5.69. The van der Waals surface area contributed by atoms with Crippen LogP contribution in [0.5, 0.6) is 0 Å². The van der Waals surface area contributed by atoms with Crippen molar-refractivity contribution < 1.29 is 14.0 Å². The molecule has 0 spiro atoms. The number of carbonyl (C=O) groups excluding carboxylic acids is 2. The second-order valence-corrected chi connectivity index (χ2v) is 8.84. The number of halogens is 2. The Morgan fingerprint density at radius 2 is 1.80 bits per heavy atom. The zero-order valence-electron chi connectivity index (χ0n) is 19.5. The van der Waals surface area contributed by atoms with Gasteiger partial charge in [0.1, 0.15) is 18.0 Å². The monoisotopic (exact) mass is 492 g/mol. The Morgan fingerprint density at radius 3 is 2.54 bits per heavy atom. The Balaban J connectivity index is 1.50. The zero-order valence-corrected chi connectivity index (χ0v) is 20.2. The highest BCUT2D eigenvalue weighted by Gasteiger charge is 2.26. The van der Waals surface area contributed by atoms with Gasteiger partial charge < -0.3 is 15.5 Å². The van der Waals surface area contributed by atoms with Crippen LogP contribution in [0, 0.1) is 5.82 Å². The predicted octanol–water partition coefficient (Wildman–Crippen LogP) is 3.96. The summed E-state index contributed by atoms with van der Waals surface area (Å²) >= 11 is 6.01. The molecule has 0 radical (unpaired) electrons. The second kappa shape index (κ2) is 10.7. The summed E-state index contributed by atoms with van der Waals surface area (Å²) in [6, 6.07) is 21.2. The number of aliphatic imine (C=N–C) groups is 1. The van der Waals surface area contributed by atoms with Gasteiger partial charge >= 0.3 is 0 Å². The molecule has 0 aliphatic carbocycles. The van der Waals surface area contributed by atoms with Gasteiger partial charge in [-0.2, -0.15) is 0 Å². The largest absolute Gasteiger partial charge is 0.370 e. The van der Waals surface area contributed by atoms with Crippen molar-refractivity contribution in [3.05, 3.63) is 100 Å². The molecule has 0 fully saturated rings. The van der Waals surface area contributed by atoms with Gasteiger partial charge in [-0.3, -0.25) is 14.6 Å². The fraction of sp³-hybridized carbons (Fsp3) is 0.222. The minimum Gasteiger partial charge on any atom is -0.370 e. The van der Waals surface area contributed by atoms with Crippen molar-refractivity contribution in [3.63, 3.8) is 0 Å². The van der Waals surface area contributed by atoms with Crippen LogP contribution in [0.25, 0.3) is 0 Å². The SMILES string of the molecule is C[C@H](NC(=O)Cc1c(F)cccc1Cl)C(=O)N[C@@H]1CN(C)c2ccccc2C(c2ccccc2)=N1. The number of nitrogens with one attached hydrogen (secondary N) is 2. The molecule has 6 nitrogen and oxygen atoms in total. The summed E-state index contributed by atoms with van der Waals surface area (Å²) in [6.45, 7) is 2.03. The summed E-state index contributed by atoms with van der Waals surface area (Å²) in [5.74, 6) is -1.45. The molecule has 3 aromatic rings. The molecule has 3 aromatic carbocycles. The minimum atomic E-state index is -0.848. The fourth-order valence-corrected chi connectivity index (χ4v) is 4.27. The molecular weight excluding hydrogens is 467 g/mol. The van der Waals surface area contributed by atoms with Gasteiger partial charge in [-0.05, 0) is 25.1 Å². The van der Waals surface area contributed by atoms with Gasteiger partial charge in [-0.15, -0.1) is 0 Å². The first kappa shape index (κ1) is 24.4. The van der Waals surface area contributed by atoms with Crippen LogP contribution in [0.1, 0.15) is 23.6 Å². The molecule has 180 valence electrons. The summed E-state index contributed by atoms with van der Waals surface area (Å²) in [4.78, 5) is 32.4. The van der Waals surface area contributed by atoms with E-state index in [1.54, 1.807) is 6.92 Å². The average molecular weight is 493 g/mol. The number of nitrogens with zero attached hydrogens (tertiary/aromatic N) is 2. The summed E-state index contributed by atoms with van der Waals surface area (Å²) in [5.41, 5.74) is 3.80. The van der Waals surface area contributed by atoms with E-state index in [0.29, 0.717) is 6.54 Å². The quantitative estimate of drug-likeness (QED) is 0.547. The first-order valence-electron chi connectivity index (χ1n) is 11.3. The molecule has 1 aliphatic rings. The number of amides is 2. The van der Waals surface area contributed by atoms with Crippen LogP contribution in [0.4, 0.5) is 10.1 Å². The highest BCUT2D eigenvalue weighted by molar-refractivity contribution is 6.31. The molecule has 2 atom stereocenters. The van der Waals surface area contributed by atoms with E-state index in [2.05, 4.69) is 10.6 Å². The van der Waals surface area contributed by atoms with Gasteiger partial charge in [0.25, 0.3) is 0 Å². The normalized spacial score (nSPS) is 15.9. The zero-order chi connectivity index (χ0) is 24.9. The molecule has 0 saturated carbocycles. The van der Waals surface area contributed by atoms with Crippen LogP contribution in [0.2, 0.25) is 5.02 Å². The number of hydrogen-bond donors (Lipinski definition) is 2. The molecule has 2 N–H and O–H groups in total. The van der Waals surface area contributed by atoms with E-state index in [1.807, 2.05) is 66.5 Å². The standard InChI is InChI=1S/C27H26ClFN4O2/c1-17(30-25(34)15-20-21(28)12-8-13-22(20)29)27(35)32-24-16-33(2)23-14-7-6-11-19(23)26(31-24)18-9-4-3-5-10-18/h3-14,17,24H,15-16H2,1-2H3,(H,30,34)(H,32,35)/t17-,24+/m0/s1. The van der Waals surface area contributed by atoms with Crippen LogP contribution >= 0.6 is 11.6 Å². The lowest BCUT2D eigenvalue weighted by atomic mass is 10.0. The number of anilines is 1. The van der Waals surface area contributed by atoms with Gasteiger partial charge in [0, 0.05) is 34.4 Å². The molecule has 1 aliphatic heterocycles. The number of rotatable bonds is 6. The van der Waals surface area contributed by atoms with Crippen molar-refractivity contribution in [3.8, 4) is 0 Å². The van der Waals surface area contributed by atoms with E-state index >= 15 is 0 Å². The molecule has 8 heteroatoms. The maximum Gasteiger partial charge on any atom is 0.243 e. The van der Waals surface area contributed by atoms with Crippen molar-refractivity contribution in [1.29, 1.82) is 0 Å². The number of carbonyl (C=O) groups is 2. The molecule has 0 bridgehead atoms. The molecule has 2 amide bonds. The summed E-state index contributed by atoms with van der Waals surface area (Å²) < 4.78 is 14.0. The van der Waals surface area contributed by atoms with Crippen LogP contribution in [0.3, 0.4) is 0 Å². The number of hydrogen-bond acceptors (Lipinski definition) is 4. The Bertz CT molecular complexity index is 1240. The van der Waals surface area contributed by atoms with Crippen LogP contribution in [-0.4, -0.2) is 43.3 Å². The Labute approximate surface area is 208 Å². The van der Waals surface area contributed by atoms with Gasteiger partial charge in [0.15, 0.2) is 0 Å². The lowest BCUT2D eigenvalue weighted by Crippen LogP contribution is -2.50. The molecule has 0 unspecified atom stereocenters. The lowest BCUT2D eigenvalue weighted by Gasteiger charge is -2.24. The molecule has 4 rings (SSSR count). The summed E-state index contributed by atoms with van der Waals surface area (Å²) in [5, 5.41) is 5.72. The number of para-hydroxylation sites is 1. The molecule has 0 saturated heterocycles. The molecular formula is C27H26ClFN4O2. The number of benzodiazepines with no additional fused rings is 1. The smallest absolute Gasteiger partial charge is 0.243 e. The number of benzene rings is 3. The molecule has 0 aromatic heterocycles. The Hall–Kier alpha value is -3.71. The van der Waals surface area contributed by atoms with E-state index in [9.17, 15) is 14.0 Å². The molecule has 35 heavy (non-hydrogen) atoms. The van der Waals surface area contributed by atoms with Crippen LogP contribution in [-0.2, 0) is 16.0 Å². The minimum absolute atomic E-state index is 0.0968. The van der Waals surface area contributed by atoms with E-state index in [4.69, 9.17) is 16.6 Å². The van der Waals surface area contributed by atoms with Gasteiger partial charge in [-0.25, -0.2) is 4.39 Å². The van der Waals surface area contributed by atoms with E-state index in [0.717, 1.165) is 22.5 Å². The van der Waals surface area contributed by atoms with Crippen molar-refractivity contribution >= 4 is 34.8 Å². The lowest BCUT2D eigenvalue weighted by molar-refractivity contribution is -0.128. The van der Waals surface area contributed by atoms with E-state index < -0.39 is 29.8 Å². The first-order chi connectivity index (χ1) is 16.8. The van der Waals surface area contributed by atoms with Crippen molar-refractivity contribution in [1.82, 2.24) is 10.6 Å². The summed E-state index contributed by atoms with van der Waals surface area (Å²) in [6.07, 6.45) is -0.809. The van der Waals surface area contributed by atoms with Crippen LogP contribution in [0.15, 0.2) is 77.8 Å². The fourth-order valence-electron chi connectivity index (χ4n) is 4.04. The maximum atomic E-state index is 14.0. The van der Waals surface area contributed by atoms with Gasteiger partial charge in [0.2, 0.25) is 11.8 Å². The third-order valence-corrected chi connectivity index (χ3v) is 6.18. The number of likely N-dealkylation sites (N-methyl/N-ethyl adjacent to an activating group) is 1. The van der Waals surface area contributed by atoms with Crippen molar-refractivity contribution in [2.45, 2.75) is 25.6 Å². The second-order valence-electron chi connectivity index (χ2n) is 8.43. The highest BCUT2D eigenvalue weighted by Crippen LogP contribution is 2.26. The van der Waals surface area contributed by atoms with E-state index in [1.165, 1.54) is 18.2 Å². The van der Waals surface area contributed by atoms with Gasteiger partial charge in [0.05, 0.1) is 18.7 Å². The van der Waals surface area contributed by atoms with Crippen molar-refractivity contribution in [2.75, 3.05) is 18.5 Å². The average Bonchev–Trinajstić information content (AvgIpc) is 2.98.